The summed E-state index contributed by atoms with van der Waals surface area (Å²) in [5.74, 6) is 0.100. The number of carbonyl (C=O) groups excluding carboxylic acids is 2. The third-order valence-electron chi connectivity index (χ3n) is 2.53. The second-order valence-corrected chi connectivity index (χ2v) is 6.61. The van der Waals surface area contributed by atoms with Crippen molar-refractivity contribution >= 4 is 35.0 Å². The van der Waals surface area contributed by atoms with Crippen LogP contribution in [0.5, 0.6) is 0 Å². The third-order valence-corrected chi connectivity index (χ3v) is 4.75. The van der Waals surface area contributed by atoms with Crippen molar-refractivity contribution in [1.82, 2.24) is 5.32 Å². The first-order chi connectivity index (χ1) is 9.02. The summed E-state index contributed by atoms with van der Waals surface area (Å²) in [5.41, 5.74) is 0. The maximum absolute atomic E-state index is 11.8. The second-order valence-electron chi connectivity index (χ2n) is 4.21. The number of esters is 1. The minimum Gasteiger partial charge on any atom is -0.469 e. The monoisotopic (exact) mass is 301 g/mol. The fourth-order valence-corrected chi connectivity index (χ4v) is 2.99. The lowest BCUT2D eigenvalue weighted by Crippen LogP contribution is -2.28. The third kappa shape index (κ3) is 6.11. The Balaban J connectivity index is 2.26. The average molecular weight is 301 g/mol. The molecule has 1 aromatic heterocycles. The zero-order valence-electron chi connectivity index (χ0n) is 11.3. The topological polar surface area (TPSA) is 55.4 Å². The molecule has 2 unspecified atom stereocenters. The predicted octanol–water partition coefficient (Wildman–Crippen LogP) is 2.61. The molecule has 0 radical (unpaired) electrons. The lowest BCUT2D eigenvalue weighted by molar-refractivity contribution is -0.140. The largest absolute Gasteiger partial charge is 0.469 e. The molecule has 1 amide bonds. The van der Waals surface area contributed by atoms with Crippen molar-refractivity contribution in [2.24, 2.45) is 0 Å². The van der Waals surface area contributed by atoms with Crippen LogP contribution < -0.4 is 5.32 Å². The summed E-state index contributed by atoms with van der Waals surface area (Å²) in [6.07, 6.45) is 0.328. The molecule has 1 aromatic rings. The maximum atomic E-state index is 11.8. The molecule has 0 saturated heterocycles. The number of thioether (sulfide) groups is 1. The summed E-state index contributed by atoms with van der Waals surface area (Å²) in [5, 5.41) is 5.01. The molecular formula is C13H19NO3S2. The standard InChI is InChI=1S/C13H19NO3S2/c1-9(7-13(16)17-3)19-8-12(15)14-10(2)11-5-4-6-18-11/h4-6,9-10H,7-8H2,1-3H3,(H,14,15). The molecule has 0 aromatic carbocycles. The molecule has 19 heavy (non-hydrogen) atoms. The van der Waals surface area contributed by atoms with Crippen LogP contribution >= 0.6 is 23.1 Å². The van der Waals surface area contributed by atoms with Gasteiger partial charge in [0.2, 0.25) is 5.91 Å². The van der Waals surface area contributed by atoms with Gasteiger partial charge in [0.1, 0.15) is 0 Å². The van der Waals surface area contributed by atoms with E-state index in [0.717, 1.165) is 4.88 Å². The number of methoxy groups -OCH3 is 1. The molecule has 0 aliphatic carbocycles. The zero-order chi connectivity index (χ0) is 14.3. The van der Waals surface area contributed by atoms with Crippen molar-refractivity contribution in [3.63, 3.8) is 0 Å². The Labute approximate surface area is 121 Å². The second kappa shape index (κ2) is 8.22. The Kier molecular flexibility index (Phi) is 6.94. The van der Waals surface area contributed by atoms with Gasteiger partial charge in [-0.3, -0.25) is 9.59 Å². The van der Waals surface area contributed by atoms with Gasteiger partial charge in [0, 0.05) is 10.1 Å². The van der Waals surface area contributed by atoms with E-state index in [1.54, 1.807) is 11.3 Å². The van der Waals surface area contributed by atoms with Gasteiger partial charge in [-0.25, -0.2) is 0 Å². The van der Waals surface area contributed by atoms with Crippen LogP contribution in [-0.2, 0) is 14.3 Å². The number of hydrogen-bond donors (Lipinski definition) is 1. The van der Waals surface area contributed by atoms with E-state index in [2.05, 4.69) is 10.1 Å². The van der Waals surface area contributed by atoms with Gasteiger partial charge >= 0.3 is 5.97 Å². The van der Waals surface area contributed by atoms with Crippen LogP contribution in [0, 0.1) is 0 Å². The molecular weight excluding hydrogens is 282 g/mol. The Morgan fingerprint density at radius 2 is 2.21 bits per heavy atom. The van der Waals surface area contributed by atoms with Crippen LogP contribution in [0.25, 0.3) is 0 Å². The van der Waals surface area contributed by atoms with Gasteiger partial charge in [0.15, 0.2) is 0 Å². The number of carbonyl (C=O) groups is 2. The molecule has 4 nitrogen and oxygen atoms in total. The highest BCUT2D eigenvalue weighted by Gasteiger charge is 2.14. The van der Waals surface area contributed by atoms with Crippen LogP contribution in [0.3, 0.4) is 0 Å². The van der Waals surface area contributed by atoms with Gasteiger partial charge in [-0.05, 0) is 18.4 Å². The van der Waals surface area contributed by atoms with Crippen molar-refractivity contribution in [2.75, 3.05) is 12.9 Å². The van der Waals surface area contributed by atoms with E-state index in [-0.39, 0.29) is 23.2 Å². The van der Waals surface area contributed by atoms with E-state index >= 15 is 0 Å². The highest BCUT2D eigenvalue weighted by molar-refractivity contribution is 8.00. The van der Waals surface area contributed by atoms with Crippen molar-refractivity contribution in [1.29, 1.82) is 0 Å². The first kappa shape index (κ1) is 16.0. The molecule has 106 valence electrons. The summed E-state index contributed by atoms with van der Waals surface area (Å²) >= 11 is 3.08. The SMILES string of the molecule is COC(=O)CC(C)SCC(=O)NC(C)c1cccs1. The van der Waals surface area contributed by atoms with Gasteiger partial charge in [0.25, 0.3) is 0 Å². The summed E-state index contributed by atoms with van der Waals surface area (Å²) in [7, 11) is 1.37. The molecule has 0 aliphatic rings. The molecule has 1 rings (SSSR count). The lowest BCUT2D eigenvalue weighted by Gasteiger charge is -2.13. The fourth-order valence-electron chi connectivity index (χ4n) is 1.49. The normalized spacial score (nSPS) is 13.6. The van der Waals surface area contributed by atoms with E-state index < -0.39 is 0 Å². The van der Waals surface area contributed by atoms with Crippen molar-refractivity contribution in [2.45, 2.75) is 31.6 Å². The number of nitrogens with one attached hydrogen (secondary N) is 1. The summed E-state index contributed by atoms with van der Waals surface area (Å²) < 4.78 is 4.59. The molecule has 6 heteroatoms. The first-order valence-corrected chi connectivity index (χ1v) is 7.97. The molecule has 0 spiro atoms. The molecule has 1 N–H and O–H groups in total. The average Bonchev–Trinajstić information content (AvgIpc) is 2.90. The Bertz CT molecular complexity index is 406. The molecule has 2 atom stereocenters. The summed E-state index contributed by atoms with van der Waals surface area (Å²) in [6.45, 7) is 3.88. The van der Waals surface area contributed by atoms with Gasteiger partial charge < -0.3 is 10.1 Å². The molecule has 0 saturated carbocycles. The summed E-state index contributed by atoms with van der Waals surface area (Å²) in [6, 6.07) is 4.00. The minimum atomic E-state index is -0.243. The highest BCUT2D eigenvalue weighted by Crippen LogP contribution is 2.19. The van der Waals surface area contributed by atoms with Crippen LogP contribution in [0.15, 0.2) is 17.5 Å². The molecule has 0 bridgehead atoms. The Morgan fingerprint density at radius 3 is 2.79 bits per heavy atom. The first-order valence-electron chi connectivity index (χ1n) is 6.04. The highest BCUT2D eigenvalue weighted by atomic mass is 32.2. The smallest absolute Gasteiger partial charge is 0.306 e. The number of ether oxygens (including phenoxy) is 1. The van der Waals surface area contributed by atoms with Gasteiger partial charge in [0.05, 0.1) is 25.3 Å². The van der Waals surface area contributed by atoms with Crippen molar-refractivity contribution in [3.8, 4) is 0 Å². The molecule has 0 fully saturated rings. The van der Waals surface area contributed by atoms with E-state index in [0.29, 0.717) is 12.2 Å². The predicted molar refractivity (Wildman–Crippen MR) is 79.4 cm³/mol. The number of amides is 1. The van der Waals surface area contributed by atoms with E-state index in [4.69, 9.17) is 0 Å². The number of hydrogen-bond acceptors (Lipinski definition) is 5. The van der Waals surface area contributed by atoms with Gasteiger partial charge in [-0.2, -0.15) is 0 Å². The fraction of sp³-hybridized carbons (Fsp3) is 0.538. The van der Waals surface area contributed by atoms with Crippen molar-refractivity contribution < 1.29 is 14.3 Å². The number of rotatable bonds is 7. The van der Waals surface area contributed by atoms with Gasteiger partial charge in [-0.1, -0.05) is 13.0 Å². The number of thiophene rings is 1. The van der Waals surface area contributed by atoms with Crippen LogP contribution in [0.1, 0.15) is 31.2 Å². The van der Waals surface area contributed by atoms with Gasteiger partial charge in [-0.15, -0.1) is 23.1 Å². The lowest BCUT2D eigenvalue weighted by atomic mass is 10.3. The van der Waals surface area contributed by atoms with Crippen molar-refractivity contribution in [3.05, 3.63) is 22.4 Å². The zero-order valence-corrected chi connectivity index (χ0v) is 13.0. The van der Waals surface area contributed by atoms with Crippen LogP contribution in [-0.4, -0.2) is 30.0 Å². The van der Waals surface area contributed by atoms with E-state index in [1.165, 1.54) is 18.9 Å². The Morgan fingerprint density at radius 1 is 1.47 bits per heavy atom. The molecule has 1 heterocycles. The van der Waals surface area contributed by atoms with E-state index in [9.17, 15) is 9.59 Å². The molecule has 0 aliphatic heterocycles. The van der Waals surface area contributed by atoms with Crippen LogP contribution in [0.2, 0.25) is 0 Å². The van der Waals surface area contributed by atoms with E-state index in [1.807, 2.05) is 31.4 Å². The Hall–Kier alpha value is -1.01. The van der Waals surface area contributed by atoms with Crippen LogP contribution in [0.4, 0.5) is 0 Å². The maximum Gasteiger partial charge on any atom is 0.306 e. The minimum absolute atomic E-state index is 0.0115. The summed E-state index contributed by atoms with van der Waals surface area (Å²) in [4.78, 5) is 24.0. The quantitative estimate of drug-likeness (QED) is 0.787.